The van der Waals surface area contributed by atoms with Gasteiger partial charge in [-0.05, 0) is 42.3 Å². The van der Waals surface area contributed by atoms with Gasteiger partial charge in [-0.2, -0.15) is 0 Å². The van der Waals surface area contributed by atoms with E-state index >= 15 is 0 Å². The zero-order valence-electron chi connectivity index (χ0n) is 14.4. The minimum absolute atomic E-state index is 0.267. The van der Waals surface area contributed by atoms with Crippen LogP contribution in [0.3, 0.4) is 0 Å². The van der Waals surface area contributed by atoms with Gasteiger partial charge in [0.05, 0.1) is 19.2 Å². The fourth-order valence-corrected chi connectivity index (χ4v) is 2.21. The number of guanidine groups is 1. The molecule has 2 N–H and O–H groups in total. The van der Waals surface area contributed by atoms with Crippen molar-refractivity contribution in [3.8, 4) is 0 Å². The molecule has 5 nitrogen and oxygen atoms in total. The molecule has 2 aromatic carbocycles. The first kappa shape index (κ1) is 18.4. The summed E-state index contributed by atoms with van der Waals surface area (Å²) in [6, 6.07) is 13.5. The molecule has 0 unspecified atom stereocenters. The average Bonchev–Trinajstić information content (AvgIpc) is 2.64. The number of nitrogens with one attached hydrogen (secondary N) is 2. The van der Waals surface area contributed by atoms with Gasteiger partial charge < -0.3 is 15.4 Å². The van der Waals surface area contributed by atoms with Crippen molar-refractivity contribution in [3.63, 3.8) is 0 Å². The van der Waals surface area contributed by atoms with Gasteiger partial charge in [0, 0.05) is 13.1 Å². The van der Waals surface area contributed by atoms with Crippen LogP contribution in [0.5, 0.6) is 0 Å². The molecule has 2 rings (SSSR count). The lowest BCUT2D eigenvalue weighted by Gasteiger charge is -2.11. The summed E-state index contributed by atoms with van der Waals surface area (Å²) in [6.45, 7) is 3.63. The van der Waals surface area contributed by atoms with E-state index in [-0.39, 0.29) is 11.8 Å². The van der Waals surface area contributed by atoms with E-state index < -0.39 is 0 Å². The molecule has 0 fully saturated rings. The number of carbonyl (C=O) groups excluding carboxylic acids is 1. The Balaban J connectivity index is 1.96. The summed E-state index contributed by atoms with van der Waals surface area (Å²) >= 11 is 0. The van der Waals surface area contributed by atoms with Gasteiger partial charge in [0.15, 0.2) is 5.96 Å². The predicted molar refractivity (Wildman–Crippen MR) is 95.8 cm³/mol. The summed E-state index contributed by atoms with van der Waals surface area (Å²) in [5.74, 6) is 0.0182. The Morgan fingerprint density at radius 2 is 1.88 bits per heavy atom. The molecule has 0 aliphatic heterocycles. The summed E-state index contributed by atoms with van der Waals surface area (Å²) in [6.07, 6.45) is 0. The third-order valence-corrected chi connectivity index (χ3v) is 3.49. The summed E-state index contributed by atoms with van der Waals surface area (Å²) in [5, 5.41) is 6.36. The van der Waals surface area contributed by atoms with Gasteiger partial charge in [-0.15, -0.1) is 0 Å². The smallest absolute Gasteiger partial charge is 0.337 e. The maximum Gasteiger partial charge on any atom is 0.337 e. The highest BCUT2D eigenvalue weighted by molar-refractivity contribution is 5.89. The second-order valence-electron chi connectivity index (χ2n) is 5.37. The first-order valence-electron chi connectivity index (χ1n) is 8.06. The third kappa shape index (κ3) is 5.91. The van der Waals surface area contributed by atoms with Gasteiger partial charge in [-0.3, -0.25) is 0 Å². The molecule has 0 radical (unpaired) electrons. The molecular weight excluding hydrogens is 321 g/mol. The van der Waals surface area contributed by atoms with Gasteiger partial charge in [0.25, 0.3) is 0 Å². The molecule has 0 bridgehead atoms. The van der Waals surface area contributed by atoms with Crippen molar-refractivity contribution >= 4 is 11.9 Å². The number of hydrogen-bond acceptors (Lipinski definition) is 3. The van der Waals surface area contributed by atoms with Gasteiger partial charge in [0.1, 0.15) is 5.82 Å². The predicted octanol–water partition coefficient (Wildman–Crippen LogP) is 2.87. The van der Waals surface area contributed by atoms with Crippen molar-refractivity contribution in [3.05, 3.63) is 71.0 Å². The Bertz CT molecular complexity index is 730. The molecule has 0 heterocycles. The number of aliphatic imine (C=N–C) groups is 1. The highest BCUT2D eigenvalue weighted by Gasteiger charge is 2.05. The lowest BCUT2D eigenvalue weighted by Crippen LogP contribution is -2.36. The standard InChI is InChI=1S/C19H22FN3O2/c1-3-21-19(23-13-15-5-4-6-17(20)11-15)22-12-14-7-9-16(10-8-14)18(24)25-2/h4-11H,3,12-13H2,1-2H3,(H2,21,22,23). The quantitative estimate of drug-likeness (QED) is 0.481. The number of carbonyl (C=O) groups is 1. The van der Waals surface area contributed by atoms with Gasteiger partial charge in [0.2, 0.25) is 0 Å². The van der Waals surface area contributed by atoms with Crippen LogP contribution in [0, 0.1) is 5.82 Å². The summed E-state index contributed by atoms with van der Waals surface area (Å²) in [4.78, 5) is 15.9. The number of rotatable bonds is 6. The largest absolute Gasteiger partial charge is 0.465 e. The number of methoxy groups -OCH3 is 1. The number of nitrogens with zero attached hydrogens (tertiary/aromatic N) is 1. The fraction of sp³-hybridized carbons (Fsp3) is 0.263. The van der Waals surface area contributed by atoms with Gasteiger partial charge in [-0.1, -0.05) is 24.3 Å². The van der Waals surface area contributed by atoms with E-state index in [9.17, 15) is 9.18 Å². The van der Waals surface area contributed by atoms with Crippen LogP contribution < -0.4 is 10.6 Å². The van der Waals surface area contributed by atoms with E-state index in [2.05, 4.69) is 20.4 Å². The topological polar surface area (TPSA) is 62.7 Å². The Hall–Kier alpha value is -2.89. The Labute approximate surface area is 146 Å². The van der Waals surface area contributed by atoms with E-state index in [0.29, 0.717) is 24.6 Å². The van der Waals surface area contributed by atoms with Crippen molar-refractivity contribution in [1.29, 1.82) is 0 Å². The fourth-order valence-electron chi connectivity index (χ4n) is 2.21. The molecule has 6 heteroatoms. The van der Waals surface area contributed by atoms with Crippen molar-refractivity contribution in [2.24, 2.45) is 4.99 Å². The summed E-state index contributed by atoms with van der Waals surface area (Å²) in [7, 11) is 1.36. The summed E-state index contributed by atoms with van der Waals surface area (Å²) in [5.41, 5.74) is 2.32. The molecule has 0 spiro atoms. The van der Waals surface area contributed by atoms with Gasteiger partial charge >= 0.3 is 5.97 Å². The van der Waals surface area contributed by atoms with Crippen LogP contribution in [-0.2, 0) is 17.8 Å². The number of hydrogen-bond donors (Lipinski definition) is 2. The molecule has 25 heavy (non-hydrogen) atoms. The Kier molecular flexibility index (Phi) is 6.95. The lowest BCUT2D eigenvalue weighted by atomic mass is 10.1. The normalized spacial score (nSPS) is 11.1. The average molecular weight is 343 g/mol. The molecule has 0 aliphatic rings. The third-order valence-electron chi connectivity index (χ3n) is 3.49. The maximum atomic E-state index is 13.2. The first-order chi connectivity index (χ1) is 12.1. The number of ether oxygens (including phenoxy) is 1. The molecular formula is C19H22FN3O2. The second-order valence-corrected chi connectivity index (χ2v) is 5.37. The van der Waals surface area contributed by atoms with E-state index in [0.717, 1.165) is 17.7 Å². The molecule has 0 saturated heterocycles. The van der Waals surface area contributed by atoms with Crippen LogP contribution in [0.2, 0.25) is 0 Å². The number of benzene rings is 2. The van der Waals surface area contributed by atoms with Crippen LogP contribution in [0.15, 0.2) is 53.5 Å². The molecule has 0 saturated carbocycles. The highest BCUT2D eigenvalue weighted by Crippen LogP contribution is 2.06. The molecule has 0 amide bonds. The second kappa shape index (κ2) is 9.42. The lowest BCUT2D eigenvalue weighted by molar-refractivity contribution is 0.0600. The van der Waals surface area contributed by atoms with Crippen molar-refractivity contribution < 1.29 is 13.9 Å². The van der Waals surface area contributed by atoms with E-state index in [1.807, 2.05) is 25.1 Å². The first-order valence-corrected chi connectivity index (χ1v) is 8.06. The van der Waals surface area contributed by atoms with Gasteiger partial charge in [-0.25, -0.2) is 14.2 Å². The maximum absolute atomic E-state index is 13.2. The van der Waals surface area contributed by atoms with E-state index in [1.165, 1.54) is 19.2 Å². The zero-order chi connectivity index (χ0) is 18.1. The van der Waals surface area contributed by atoms with Crippen molar-refractivity contribution in [2.75, 3.05) is 13.7 Å². The highest BCUT2D eigenvalue weighted by atomic mass is 19.1. The molecule has 0 atom stereocenters. The van der Waals surface area contributed by atoms with Crippen LogP contribution in [0.4, 0.5) is 4.39 Å². The number of halogens is 1. The van der Waals surface area contributed by atoms with E-state index in [1.54, 1.807) is 18.2 Å². The summed E-state index contributed by atoms with van der Waals surface area (Å²) < 4.78 is 17.9. The minimum Gasteiger partial charge on any atom is -0.465 e. The van der Waals surface area contributed by atoms with Crippen LogP contribution in [0.25, 0.3) is 0 Å². The monoisotopic (exact) mass is 343 g/mol. The van der Waals surface area contributed by atoms with Crippen molar-refractivity contribution in [1.82, 2.24) is 10.6 Å². The van der Waals surface area contributed by atoms with Crippen LogP contribution in [-0.4, -0.2) is 25.6 Å². The van der Waals surface area contributed by atoms with E-state index in [4.69, 9.17) is 0 Å². The van der Waals surface area contributed by atoms with Crippen LogP contribution in [0.1, 0.15) is 28.4 Å². The SMILES string of the molecule is CCNC(=NCc1cccc(F)c1)NCc1ccc(C(=O)OC)cc1. The molecule has 132 valence electrons. The molecule has 0 aliphatic carbocycles. The zero-order valence-corrected chi connectivity index (χ0v) is 14.4. The Morgan fingerprint density at radius 1 is 1.12 bits per heavy atom. The number of esters is 1. The van der Waals surface area contributed by atoms with Crippen LogP contribution >= 0.6 is 0 Å². The molecule has 2 aromatic rings. The van der Waals surface area contributed by atoms with Crippen molar-refractivity contribution in [2.45, 2.75) is 20.0 Å². The minimum atomic E-state index is -0.357. The molecule has 0 aromatic heterocycles. The Morgan fingerprint density at radius 3 is 2.52 bits per heavy atom.